The number of hydrogen-bond acceptors (Lipinski definition) is 4. The molecule has 3 nitrogen and oxygen atoms in total. The molecule has 108 valence electrons. The zero-order chi connectivity index (χ0) is 14.5. The van der Waals surface area contributed by atoms with Crippen molar-refractivity contribution in [2.24, 2.45) is 0 Å². The third-order valence-corrected chi connectivity index (χ3v) is 4.20. The van der Waals surface area contributed by atoms with Gasteiger partial charge in [0.25, 0.3) is 0 Å². The molecule has 1 N–H and O–H groups in total. The van der Waals surface area contributed by atoms with Crippen LogP contribution in [0.3, 0.4) is 0 Å². The number of ether oxygens (including phenoxy) is 2. The number of thiophene rings is 1. The van der Waals surface area contributed by atoms with E-state index < -0.39 is 6.10 Å². The molecule has 5 heteroatoms. The molecule has 0 saturated heterocycles. The van der Waals surface area contributed by atoms with E-state index in [9.17, 15) is 5.11 Å². The SMILES string of the molecule is CCOc1cc(Br)c(C(O)c2ccsc2)cc1OCC. The molecule has 0 aliphatic carbocycles. The Balaban J connectivity index is 2.40. The fourth-order valence-corrected chi connectivity index (χ4v) is 3.13. The van der Waals surface area contributed by atoms with Crippen LogP contribution < -0.4 is 9.47 Å². The maximum absolute atomic E-state index is 10.5. The first-order valence-corrected chi connectivity index (χ1v) is 8.20. The number of aliphatic hydroxyl groups is 1. The molecule has 1 unspecified atom stereocenters. The molecule has 0 bridgehead atoms. The molecule has 0 saturated carbocycles. The van der Waals surface area contributed by atoms with E-state index in [1.807, 2.05) is 42.8 Å². The predicted octanol–water partition coefficient (Wildman–Crippen LogP) is 4.39. The third-order valence-electron chi connectivity index (χ3n) is 2.82. The summed E-state index contributed by atoms with van der Waals surface area (Å²) in [6, 6.07) is 5.60. The average molecular weight is 357 g/mol. The van der Waals surface area contributed by atoms with Crippen molar-refractivity contribution in [3.8, 4) is 11.5 Å². The fourth-order valence-electron chi connectivity index (χ4n) is 1.91. The van der Waals surface area contributed by atoms with Crippen molar-refractivity contribution in [2.75, 3.05) is 13.2 Å². The molecule has 2 aromatic rings. The van der Waals surface area contributed by atoms with Crippen molar-refractivity contribution in [2.45, 2.75) is 20.0 Å². The second-order valence-corrected chi connectivity index (χ2v) is 5.78. The van der Waals surface area contributed by atoms with Gasteiger partial charge >= 0.3 is 0 Å². The Morgan fingerprint density at radius 1 is 1.20 bits per heavy atom. The van der Waals surface area contributed by atoms with Crippen molar-refractivity contribution in [3.05, 3.63) is 44.6 Å². The molecule has 2 rings (SSSR count). The molecule has 0 aliphatic heterocycles. The van der Waals surface area contributed by atoms with Crippen LogP contribution >= 0.6 is 27.3 Å². The second kappa shape index (κ2) is 7.11. The van der Waals surface area contributed by atoms with E-state index in [0.717, 1.165) is 15.6 Å². The fraction of sp³-hybridized carbons (Fsp3) is 0.333. The molecule has 1 aromatic carbocycles. The molecule has 0 fully saturated rings. The van der Waals surface area contributed by atoms with Crippen LogP contribution in [0.5, 0.6) is 11.5 Å². The van der Waals surface area contributed by atoms with Crippen molar-refractivity contribution in [3.63, 3.8) is 0 Å². The van der Waals surface area contributed by atoms with E-state index >= 15 is 0 Å². The molecule has 20 heavy (non-hydrogen) atoms. The number of aliphatic hydroxyl groups excluding tert-OH is 1. The zero-order valence-electron chi connectivity index (χ0n) is 11.4. The van der Waals surface area contributed by atoms with E-state index in [-0.39, 0.29) is 0 Å². The first-order chi connectivity index (χ1) is 9.67. The highest BCUT2D eigenvalue weighted by molar-refractivity contribution is 9.10. The minimum absolute atomic E-state index is 0.551. The van der Waals surface area contributed by atoms with Crippen molar-refractivity contribution in [1.82, 2.24) is 0 Å². The Morgan fingerprint density at radius 3 is 2.40 bits per heavy atom. The van der Waals surface area contributed by atoms with Gasteiger partial charge in [0.2, 0.25) is 0 Å². The lowest BCUT2D eigenvalue weighted by Crippen LogP contribution is -2.03. The van der Waals surface area contributed by atoms with Gasteiger partial charge in [-0.25, -0.2) is 0 Å². The molecule has 0 spiro atoms. The quantitative estimate of drug-likeness (QED) is 0.833. The van der Waals surface area contributed by atoms with Gasteiger partial charge in [0, 0.05) is 10.0 Å². The summed E-state index contributed by atoms with van der Waals surface area (Å²) in [6.45, 7) is 4.97. The van der Waals surface area contributed by atoms with Crippen LogP contribution in [0.15, 0.2) is 33.4 Å². The van der Waals surface area contributed by atoms with Crippen molar-refractivity contribution >= 4 is 27.3 Å². The van der Waals surface area contributed by atoms with E-state index in [1.54, 1.807) is 11.3 Å². The largest absolute Gasteiger partial charge is 0.490 e. The molecule has 0 amide bonds. The van der Waals surface area contributed by atoms with Gasteiger partial charge in [-0.2, -0.15) is 11.3 Å². The average Bonchev–Trinajstić information content (AvgIpc) is 2.95. The van der Waals surface area contributed by atoms with Crippen LogP contribution in [0, 0.1) is 0 Å². The summed E-state index contributed by atoms with van der Waals surface area (Å²) in [5.41, 5.74) is 1.65. The van der Waals surface area contributed by atoms with Gasteiger partial charge in [0.1, 0.15) is 6.10 Å². The summed E-state index contributed by atoms with van der Waals surface area (Å²) in [5.74, 6) is 1.34. The summed E-state index contributed by atoms with van der Waals surface area (Å²) in [4.78, 5) is 0. The van der Waals surface area contributed by atoms with Gasteiger partial charge in [-0.3, -0.25) is 0 Å². The number of rotatable bonds is 6. The maximum Gasteiger partial charge on any atom is 0.162 e. The Labute approximate surface area is 131 Å². The maximum atomic E-state index is 10.5. The standard InChI is InChI=1S/C15H17BrO3S/c1-3-18-13-7-11(12(16)8-14(13)19-4-2)15(17)10-5-6-20-9-10/h5-9,15,17H,3-4H2,1-2H3. The highest BCUT2D eigenvalue weighted by atomic mass is 79.9. The summed E-state index contributed by atoms with van der Waals surface area (Å²) >= 11 is 5.06. The van der Waals surface area contributed by atoms with E-state index in [2.05, 4.69) is 15.9 Å². The first-order valence-electron chi connectivity index (χ1n) is 6.46. The Hall–Kier alpha value is -1.04. The summed E-state index contributed by atoms with van der Waals surface area (Å²) < 4.78 is 12.0. The molecule has 0 aliphatic rings. The molecule has 1 aromatic heterocycles. The lowest BCUT2D eigenvalue weighted by molar-refractivity contribution is 0.218. The normalized spacial score (nSPS) is 12.2. The first kappa shape index (κ1) is 15.4. The van der Waals surface area contributed by atoms with Gasteiger partial charge in [-0.05, 0) is 48.4 Å². The van der Waals surface area contributed by atoms with Gasteiger partial charge in [-0.15, -0.1) is 0 Å². The second-order valence-electron chi connectivity index (χ2n) is 4.15. The summed E-state index contributed by atoms with van der Waals surface area (Å²) in [7, 11) is 0. The van der Waals surface area contributed by atoms with E-state index in [0.29, 0.717) is 24.7 Å². The van der Waals surface area contributed by atoms with Crippen LogP contribution in [0.4, 0.5) is 0 Å². The van der Waals surface area contributed by atoms with Crippen LogP contribution in [0.1, 0.15) is 31.1 Å². The van der Waals surface area contributed by atoms with Crippen LogP contribution in [-0.2, 0) is 0 Å². The molecule has 1 heterocycles. The van der Waals surface area contributed by atoms with Crippen LogP contribution in [0.25, 0.3) is 0 Å². The monoisotopic (exact) mass is 356 g/mol. The molecule has 0 radical (unpaired) electrons. The minimum Gasteiger partial charge on any atom is -0.490 e. The predicted molar refractivity (Wildman–Crippen MR) is 84.9 cm³/mol. The summed E-state index contributed by atoms with van der Waals surface area (Å²) in [6.07, 6.45) is -0.675. The molecular formula is C15H17BrO3S. The number of benzene rings is 1. The Morgan fingerprint density at radius 2 is 1.85 bits per heavy atom. The minimum atomic E-state index is -0.675. The van der Waals surface area contributed by atoms with Crippen molar-refractivity contribution in [1.29, 1.82) is 0 Å². The zero-order valence-corrected chi connectivity index (χ0v) is 13.8. The van der Waals surface area contributed by atoms with Crippen molar-refractivity contribution < 1.29 is 14.6 Å². The Kier molecular flexibility index (Phi) is 5.46. The Bertz CT molecular complexity index is 554. The molecular weight excluding hydrogens is 340 g/mol. The van der Waals surface area contributed by atoms with E-state index in [4.69, 9.17) is 9.47 Å². The summed E-state index contributed by atoms with van der Waals surface area (Å²) in [5, 5.41) is 14.3. The van der Waals surface area contributed by atoms with Crippen LogP contribution in [-0.4, -0.2) is 18.3 Å². The lowest BCUT2D eigenvalue weighted by atomic mass is 10.0. The number of halogens is 1. The van der Waals surface area contributed by atoms with E-state index in [1.165, 1.54) is 0 Å². The highest BCUT2D eigenvalue weighted by Crippen LogP contribution is 2.38. The highest BCUT2D eigenvalue weighted by Gasteiger charge is 2.18. The smallest absolute Gasteiger partial charge is 0.162 e. The lowest BCUT2D eigenvalue weighted by Gasteiger charge is -2.17. The number of hydrogen-bond donors (Lipinski definition) is 1. The van der Waals surface area contributed by atoms with Gasteiger partial charge < -0.3 is 14.6 Å². The van der Waals surface area contributed by atoms with Crippen LogP contribution in [0.2, 0.25) is 0 Å². The third kappa shape index (κ3) is 3.34. The molecule has 1 atom stereocenters. The van der Waals surface area contributed by atoms with Gasteiger partial charge in [0.15, 0.2) is 11.5 Å². The topological polar surface area (TPSA) is 38.7 Å². The van der Waals surface area contributed by atoms with Gasteiger partial charge in [0.05, 0.1) is 13.2 Å². The van der Waals surface area contributed by atoms with Gasteiger partial charge in [-0.1, -0.05) is 15.9 Å².